The van der Waals surface area contributed by atoms with Crippen LogP contribution in [0, 0.1) is 0 Å². The Labute approximate surface area is 126 Å². The number of carbonyl (C=O) groups is 2. The molecule has 0 bridgehead atoms. The molecule has 0 fully saturated rings. The van der Waals surface area contributed by atoms with Crippen LogP contribution in [0.3, 0.4) is 0 Å². The van der Waals surface area contributed by atoms with E-state index in [0.717, 1.165) is 5.69 Å². The summed E-state index contributed by atoms with van der Waals surface area (Å²) >= 11 is 0. The maximum Gasteiger partial charge on any atom is 0.303 e. The number of amides is 1. The number of para-hydroxylation sites is 1. The topological polar surface area (TPSA) is 60.9 Å². The summed E-state index contributed by atoms with van der Waals surface area (Å²) in [5.41, 5.74) is 0.858. The lowest BCUT2D eigenvalue weighted by Crippen LogP contribution is -2.42. The number of anilines is 1. The largest absolute Gasteiger partial charge is 0.481 e. The van der Waals surface area contributed by atoms with Crippen molar-refractivity contribution >= 4 is 17.6 Å². The van der Waals surface area contributed by atoms with Gasteiger partial charge < -0.3 is 10.0 Å². The first kappa shape index (κ1) is 17.2. The van der Waals surface area contributed by atoms with Crippen molar-refractivity contribution in [1.82, 2.24) is 4.90 Å². The van der Waals surface area contributed by atoms with Gasteiger partial charge >= 0.3 is 5.97 Å². The number of rotatable bonds is 8. The van der Waals surface area contributed by atoms with E-state index in [9.17, 15) is 9.59 Å². The monoisotopic (exact) mass is 292 g/mol. The molecule has 5 nitrogen and oxygen atoms in total. The molecule has 1 aromatic rings. The molecule has 0 aliphatic rings. The Bertz CT molecular complexity index is 460. The standard InChI is InChI=1S/C16H24N2O3/c1-13(2)18(11-7-10-16(20)21)12-15(19)17(3)14-8-5-4-6-9-14/h4-6,8-9,13H,7,10-12H2,1-3H3,(H,20,21). The summed E-state index contributed by atoms with van der Waals surface area (Å²) in [4.78, 5) is 26.5. The van der Waals surface area contributed by atoms with Gasteiger partial charge in [-0.15, -0.1) is 0 Å². The van der Waals surface area contributed by atoms with Gasteiger partial charge in [0.1, 0.15) is 0 Å². The zero-order chi connectivity index (χ0) is 15.8. The van der Waals surface area contributed by atoms with E-state index in [4.69, 9.17) is 5.11 Å². The first-order valence-electron chi connectivity index (χ1n) is 7.19. The van der Waals surface area contributed by atoms with E-state index in [-0.39, 0.29) is 18.4 Å². The number of carboxylic acids is 1. The normalized spacial score (nSPS) is 10.9. The van der Waals surface area contributed by atoms with Crippen molar-refractivity contribution in [2.45, 2.75) is 32.7 Å². The highest BCUT2D eigenvalue weighted by Crippen LogP contribution is 2.12. The van der Waals surface area contributed by atoms with Crippen LogP contribution in [-0.2, 0) is 9.59 Å². The van der Waals surface area contributed by atoms with Crippen LogP contribution in [0.1, 0.15) is 26.7 Å². The predicted molar refractivity (Wildman–Crippen MR) is 83.4 cm³/mol. The Morgan fingerprint density at radius 3 is 2.33 bits per heavy atom. The third kappa shape index (κ3) is 5.95. The number of carboxylic acid groups (broad SMARTS) is 1. The lowest BCUT2D eigenvalue weighted by molar-refractivity contribution is -0.137. The first-order chi connectivity index (χ1) is 9.91. The van der Waals surface area contributed by atoms with Crippen molar-refractivity contribution in [2.24, 2.45) is 0 Å². The zero-order valence-electron chi connectivity index (χ0n) is 13.0. The zero-order valence-corrected chi connectivity index (χ0v) is 13.0. The average Bonchev–Trinajstić information content (AvgIpc) is 2.45. The van der Waals surface area contributed by atoms with Crippen LogP contribution in [0.2, 0.25) is 0 Å². The van der Waals surface area contributed by atoms with Crippen molar-refractivity contribution in [1.29, 1.82) is 0 Å². The molecule has 0 saturated carbocycles. The van der Waals surface area contributed by atoms with E-state index in [1.165, 1.54) is 0 Å². The molecule has 0 saturated heterocycles. The predicted octanol–water partition coefficient (Wildman–Crippen LogP) is 2.22. The molecule has 21 heavy (non-hydrogen) atoms. The molecule has 0 aliphatic carbocycles. The molecule has 1 rings (SSSR count). The number of benzene rings is 1. The summed E-state index contributed by atoms with van der Waals surface area (Å²) in [7, 11) is 1.76. The maximum absolute atomic E-state index is 12.3. The summed E-state index contributed by atoms with van der Waals surface area (Å²) in [5, 5.41) is 8.69. The van der Waals surface area contributed by atoms with E-state index >= 15 is 0 Å². The molecule has 0 heterocycles. The third-order valence-electron chi connectivity index (χ3n) is 3.42. The molecule has 1 amide bonds. The van der Waals surface area contributed by atoms with Crippen molar-refractivity contribution < 1.29 is 14.7 Å². The Hall–Kier alpha value is -1.88. The Kier molecular flexibility index (Phi) is 6.88. The highest BCUT2D eigenvalue weighted by Gasteiger charge is 2.17. The Morgan fingerprint density at radius 2 is 1.81 bits per heavy atom. The Balaban J connectivity index is 2.57. The lowest BCUT2D eigenvalue weighted by atomic mass is 10.2. The quantitative estimate of drug-likeness (QED) is 0.798. The van der Waals surface area contributed by atoms with Gasteiger partial charge in [-0.2, -0.15) is 0 Å². The first-order valence-corrected chi connectivity index (χ1v) is 7.19. The minimum absolute atomic E-state index is 0.00484. The van der Waals surface area contributed by atoms with Gasteiger partial charge in [-0.3, -0.25) is 14.5 Å². The molecule has 0 radical (unpaired) electrons. The molecule has 0 aliphatic heterocycles. The second-order valence-electron chi connectivity index (χ2n) is 5.35. The minimum Gasteiger partial charge on any atom is -0.481 e. The number of hydrogen-bond acceptors (Lipinski definition) is 3. The van der Waals surface area contributed by atoms with Crippen molar-refractivity contribution in [2.75, 3.05) is 25.0 Å². The van der Waals surface area contributed by atoms with Crippen LogP contribution in [0.25, 0.3) is 0 Å². The number of aliphatic carboxylic acids is 1. The molecule has 1 N–H and O–H groups in total. The third-order valence-corrected chi connectivity index (χ3v) is 3.42. The molecule has 116 valence electrons. The van der Waals surface area contributed by atoms with Crippen LogP contribution in [-0.4, -0.2) is 48.1 Å². The second kappa shape index (κ2) is 8.42. The molecule has 1 aromatic carbocycles. The van der Waals surface area contributed by atoms with E-state index < -0.39 is 5.97 Å². The van der Waals surface area contributed by atoms with E-state index in [2.05, 4.69) is 0 Å². The van der Waals surface area contributed by atoms with Crippen LogP contribution in [0.4, 0.5) is 5.69 Å². The fourth-order valence-corrected chi connectivity index (χ4v) is 2.03. The molecule has 5 heteroatoms. The van der Waals surface area contributed by atoms with Crippen molar-refractivity contribution in [3.63, 3.8) is 0 Å². The lowest BCUT2D eigenvalue weighted by Gasteiger charge is -2.28. The Morgan fingerprint density at radius 1 is 1.19 bits per heavy atom. The molecule has 0 unspecified atom stereocenters. The molecule has 0 spiro atoms. The van der Waals surface area contributed by atoms with E-state index in [1.54, 1.807) is 11.9 Å². The second-order valence-corrected chi connectivity index (χ2v) is 5.35. The van der Waals surface area contributed by atoms with Gasteiger partial charge in [-0.1, -0.05) is 18.2 Å². The van der Waals surface area contributed by atoms with Gasteiger partial charge in [0, 0.05) is 25.2 Å². The van der Waals surface area contributed by atoms with Gasteiger partial charge in [0.15, 0.2) is 0 Å². The minimum atomic E-state index is -0.800. The molecule has 0 atom stereocenters. The fourth-order valence-electron chi connectivity index (χ4n) is 2.03. The van der Waals surface area contributed by atoms with Gasteiger partial charge in [0.2, 0.25) is 5.91 Å². The smallest absolute Gasteiger partial charge is 0.303 e. The molecular formula is C16H24N2O3. The van der Waals surface area contributed by atoms with Gasteiger partial charge in [0.25, 0.3) is 0 Å². The maximum atomic E-state index is 12.3. The number of likely N-dealkylation sites (N-methyl/N-ethyl adjacent to an activating group) is 1. The molecular weight excluding hydrogens is 268 g/mol. The SMILES string of the molecule is CC(C)N(CCCC(=O)O)CC(=O)N(C)c1ccccc1. The van der Waals surface area contributed by atoms with Crippen molar-refractivity contribution in [3.05, 3.63) is 30.3 Å². The fraction of sp³-hybridized carbons (Fsp3) is 0.500. The number of carbonyl (C=O) groups excluding carboxylic acids is 1. The van der Waals surface area contributed by atoms with Crippen LogP contribution in [0.5, 0.6) is 0 Å². The number of nitrogens with zero attached hydrogens (tertiary/aromatic N) is 2. The summed E-state index contributed by atoms with van der Waals surface area (Å²) in [5.74, 6) is -0.795. The van der Waals surface area contributed by atoms with Gasteiger partial charge in [-0.05, 0) is 38.9 Å². The highest BCUT2D eigenvalue weighted by atomic mass is 16.4. The number of hydrogen-bond donors (Lipinski definition) is 1. The average molecular weight is 292 g/mol. The summed E-state index contributed by atoms with van der Waals surface area (Å²) < 4.78 is 0. The van der Waals surface area contributed by atoms with Crippen LogP contribution >= 0.6 is 0 Å². The summed E-state index contributed by atoms with van der Waals surface area (Å²) in [6, 6.07) is 9.68. The van der Waals surface area contributed by atoms with Gasteiger partial charge in [-0.25, -0.2) is 0 Å². The van der Waals surface area contributed by atoms with Crippen LogP contribution < -0.4 is 4.90 Å². The van der Waals surface area contributed by atoms with Crippen LogP contribution in [0.15, 0.2) is 30.3 Å². The van der Waals surface area contributed by atoms with E-state index in [1.807, 2.05) is 49.1 Å². The van der Waals surface area contributed by atoms with Crippen molar-refractivity contribution in [3.8, 4) is 0 Å². The van der Waals surface area contributed by atoms with Gasteiger partial charge in [0.05, 0.1) is 6.54 Å². The van der Waals surface area contributed by atoms with E-state index in [0.29, 0.717) is 19.5 Å². The summed E-state index contributed by atoms with van der Waals surface area (Å²) in [6.07, 6.45) is 0.682. The molecule has 0 aromatic heterocycles. The highest BCUT2D eigenvalue weighted by molar-refractivity contribution is 5.94. The summed E-state index contributed by atoms with van der Waals surface area (Å²) in [6.45, 7) is 4.92.